The second kappa shape index (κ2) is 4.77. The van der Waals surface area contributed by atoms with Gasteiger partial charge < -0.3 is 0 Å². The minimum atomic E-state index is -0.405. The molecule has 0 saturated heterocycles. The largest absolute Gasteiger partial charge is 0.294 e. The summed E-state index contributed by atoms with van der Waals surface area (Å²) < 4.78 is 13.2. The molecule has 17 heavy (non-hydrogen) atoms. The first-order valence-electron chi connectivity index (χ1n) is 6.03. The number of rotatable bonds is 2. The number of hydrogen-bond donors (Lipinski definition) is 0. The van der Waals surface area contributed by atoms with Crippen LogP contribution in [0.5, 0.6) is 0 Å². The molecule has 1 aliphatic carbocycles. The monoisotopic (exact) mass is 254 g/mol. The van der Waals surface area contributed by atoms with Crippen molar-refractivity contribution in [3.63, 3.8) is 0 Å². The van der Waals surface area contributed by atoms with Crippen LogP contribution in [0.25, 0.3) is 0 Å². The summed E-state index contributed by atoms with van der Waals surface area (Å²) in [5.74, 6) is -0.418. The van der Waals surface area contributed by atoms with Gasteiger partial charge in [0.15, 0.2) is 5.78 Å². The van der Waals surface area contributed by atoms with E-state index in [1.807, 2.05) is 6.92 Å². The van der Waals surface area contributed by atoms with E-state index >= 15 is 0 Å². The topological polar surface area (TPSA) is 17.1 Å². The van der Waals surface area contributed by atoms with Gasteiger partial charge in [-0.05, 0) is 31.0 Å². The molecule has 3 heteroatoms. The molecule has 0 radical (unpaired) electrons. The van der Waals surface area contributed by atoms with E-state index in [0.29, 0.717) is 10.6 Å². The standard InChI is InChI=1S/C14H16ClFO/c1-14(7-3-2-4-8-14)13(17)11-9-10(16)5-6-12(11)15/h5-6,9H,2-4,7-8H2,1H3. The number of Topliss-reactive ketones (excluding diaryl/α,β-unsaturated/α-hetero) is 1. The number of benzene rings is 1. The van der Waals surface area contributed by atoms with Crippen molar-refractivity contribution in [2.24, 2.45) is 5.41 Å². The van der Waals surface area contributed by atoms with E-state index in [9.17, 15) is 9.18 Å². The Kier molecular flexibility index (Phi) is 3.53. The predicted octanol–water partition coefficient (Wildman–Crippen LogP) is 4.63. The third kappa shape index (κ3) is 2.52. The molecule has 0 bridgehead atoms. The predicted molar refractivity (Wildman–Crippen MR) is 66.9 cm³/mol. The average Bonchev–Trinajstić information content (AvgIpc) is 2.32. The second-order valence-corrected chi connectivity index (χ2v) is 5.48. The van der Waals surface area contributed by atoms with Gasteiger partial charge in [0, 0.05) is 11.0 Å². The van der Waals surface area contributed by atoms with Crippen LogP contribution in [-0.2, 0) is 0 Å². The van der Waals surface area contributed by atoms with Crippen LogP contribution in [0.15, 0.2) is 18.2 Å². The molecule has 0 aromatic heterocycles. The first kappa shape index (κ1) is 12.6. The van der Waals surface area contributed by atoms with Gasteiger partial charge in [0.05, 0.1) is 5.02 Å². The van der Waals surface area contributed by atoms with Crippen molar-refractivity contribution in [3.8, 4) is 0 Å². The Hall–Kier alpha value is -0.890. The summed E-state index contributed by atoms with van der Waals surface area (Å²) >= 11 is 5.98. The van der Waals surface area contributed by atoms with Gasteiger partial charge in [-0.15, -0.1) is 0 Å². The molecule has 1 saturated carbocycles. The Morgan fingerprint density at radius 3 is 2.59 bits per heavy atom. The molecule has 2 rings (SSSR count). The van der Waals surface area contributed by atoms with E-state index < -0.39 is 5.82 Å². The zero-order valence-electron chi connectivity index (χ0n) is 9.93. The lowest BCUT2D eigenvalue weighted by molar-refractivity contribution is 0.0749. The van der Waals surface area contributed by atoms with Crippen molar-refractivity contribution >= 4 is 17.4 Å². The minimum Gasteiger partial charge on any atom is -0.294 e. The van der Waals surface area contributed by atoms with Gasteiger partial charge in [0.1, 0.15) is 5.82 Å². The maximum absolute atomic E-state index is 13.2. The summed E-state index contributed by atoms with van der Waals surface area (Å²) in [6.07, 6.45) is 5.06. The number of carbonyl (C=O) groups excluding carboxylic acids is 1. The van der Waals surface area contributed by atoms with Crippen LogP contribution in [0, 0.1) is 11.2 Å². The molecule has 0 amide bonds. The third-order valence-electron chi connectivity index (χ3n) is 3.68. The normalized spacial score (nSPS) is 19.0. The molecule has 1 aromatic rings. The van der Waals surface area contributed by atoms with Gasteiger partial charge in [-0.2, -0.15) is 0 Å². The zero-order chi connectivity index (χ0) is 12.5. The fourth-order valence-corrected chi connectivity index (χ4v) is 2.76. The van der Waals surface area contributed by atoms with E-state index in [-0.39, 0.29) is 11.2 Å². The molecular formula is C14H16ClFO. The van der Waals surface area contributed by atoms with Crippen LogP contribution >= 0.6 is 11.6 Å². The summed E-state index contributed by atoms with van der Waals surface area (Å²) in [6, 6.07) is 3.99. The summed E-state index contributed by atoms with van der Waals surface area (Å²) in [6.45, 7) is 1.97. The Morgan fingerprint density at radius 1 is 1.29 bits per heavy atom. The molecule has 0 unspecified atom stereocenters. The van der Waals surface area contributed by atoms with Gasteiger partial charge >= 0.3 is 0 Å². The van der Waals surface area contributed by atoms with Gasteiger partial charge in [-0.1, -0.05) is 37.8 Å². The van der Waals surface area contributed by atoms with Crippen molar-refractivity contribution in [3.05, 3.63) is 34.6 Å². The molecule has 0 heterocycles. The van der Waals surface area contributed by atoms with E-state index in [1.165, 1.54) is 24.6 Å². The Bertz CT molecular complexity index is 436. The zero-order valence-corrected chi connectivity index (χ0v) is 10.7. The van der Waals surface area contributed by atoms with Crippen molar-refractivity contribution < 1.29 is 9.18 Å². The highest BCUT2D eigenvalue weighted by atomic mass is 35.5. The average molecular weight is 255 g/mol. The van der Waals surface area contributed by atoms with Gasteiger partial charge in [0.25, 0.3) is 0 Å². The lowest BCUT2D eigenvalue weighted by Gasteiger charge is -2.32. The van der Waals surface area contributed by atoms with Crippen LogP contribution in [0.2, 0.25) is 5.02 Å². The Labute approximate surface area is 106 Å². The molecule has 0 spiro atoms. The molecule has 0 aliphatic heterocycles. The van der Waals surface area contributed by atoms with Crippen LogP contribution < -0.4 is 0 Å². The van der Waals surface area contributed by atoms with Crippen LogP contribution in [-0.4, -0.2) is 5.78 Å². The maximum Gasteiger partial charge on any atom is 0.170 e. The fourth-order valence-electron chi connectivity index (χ4n) is 2.56. The van der Waals surface area contributed by atoms with Crippen molar-refractivity contribution in [1.82, 2.24) is 0 Å². The summed E-state index contributed by atoms with van der Waals surface area (Å²) in [4.78, 5) is 12.4. The van der Waals surface area contributed by atoms with Crippen molar-refractivity contribution in [1.29, 1.82) is 0 Å². The molecule has 1 fully saturated rings. The number of ketones is 1. The van der Waals surface area contributed by atoms with Crippen LogP contribution in [0.4, 0.5) is 4.39 Å². The SMILES string of the molecule is CC1(C(=O)c2cc(F)ccc2Cl)CCCCC1. The third-order valence-corrected chi connectivity index (χ3v) is 4.01. The summed E-state index contributed by atoms with van der Waals surface area (Å²) in [7, 11) is 0. The van der Waals surface area contributed by atoms with Gasteiger partial charge in [-0.25, -0.2) is 4.39 Å². The highest BCUT2D eigenvalue weighted by molar-refractivity contribution is 6.34. The lowest BCUT2D eigenvalue weighted by Crippen LogP contribution is -2.30. The molecule has 92 valence electrons. The number of carbonyl (C=O) groups is 1. The minimum absolute atomic E-state index is 0.0123. The van der Waals surface area contributed by atoms with E-state index in [2.05, 4.69) is 0 Å². The van der Waals surface area contributed by atoms with E-state index in [1.54, 1.807) is 0 Å². The molecule has 0 N–H and O–H groups in total. The fraction of sp³-hybridized carbons (Fsp3) is 0.500. The summed E-state index contributed by atoms with van der Waals surface area (Å²) in [5.41, 5.74) is -0.0357. The number of hydrogen-bond acceptors (Lipinski definition) is 1. The molecule has 1 aromatic carbocycles. The first-order valence-corrected chi connectivity index (χ1v) is 6.41. The van der Waals surface area contributed by atoms with Crippen molar-refractivity contribution in [2.45, 2.75) is 39.0 Å². The van der Waals surface area contributed by atoms with Gasteiger partial charge in [-0.3, -0.25) is 4.79 Å². The first-order chi connectivity index (χ1) is 8.03. The quantitative estimate of drug-likeness (QED) is 0.703. The summed E-state index contributed by atoms with van der Waals surface area (Å²) in [5, 5.41) is 0.350. The van der Waals surface area contributed by atoms with Crippen LogP contribution in [0.3, 0.4) is 0 Å². The molecule has 1 aliphatic rings. The van der Waals surface area contributed by atoms with Gasteiger partial charge in [0.2, 0.25) is 0 Å². The van der Waals surface area contributed by atoms with E-state index in [4.69, 9.17) is 11.6 Å². The maximum atomic E-state index is 13.2. The highest BCUT2D eigenvalue weighted by Gasteiger charge is 2.35. The Morgan fingerprint density at radius 2 is 1.94 bits per heavy atom. The molecule has 0 atom stereocenters. The second-order valence-electron chi connectivity index (χ2n) is 5.07. The highest BCUT2D eigenvalue weighted by Crippen LogP contribution is 2.39. The van der Waals surface area contributed by atoms with Crippen LogP contribution in [0.1, 0.15) is 49.4 Å². The van der Waals surface area contributed by atoms with Crippen molar-refractivity contribution in [2.75, 3.05) is 0 Å². The molecule has 1 nitrogen and oxygen atoms in total. The lowest BCUT2D eigenvalue weighted by atomic mass is 9.71. The smallest absolute Gasteiger partial charge is 0.170 e. The Balaban J connectivity index is 2.32. The van der Waals surface area contributed by atoms with E-state index in [0.717, 1.165) is 25.7 Å². The number of halogens is 2. The molecular weight excluding hydrogens is 239 g/mol.